The highest BCUT2D eigenvalue weighted by Crippen LogP contribution is 2.29. The summed E-state index contributed by atoms with van der Waals surface area (Å²) >= 11 is 0. The van der Waals surface area contributed by atoms with Crippen LogP contribution in [0, 0.1) is 5.92 Å². The summed E-state index contributed by atoms with van der Waals surface area (Å²) in [5.41, 5.74) is 3.12. The predicted molar refractivity (Wildman–Crippen MR) is 81.0 cm³/mol. The van der Waals surface area contributed by atoms with Gasteiger partial charge in [-0.1, -0.05) is 65.3 Å². The SMILES string of the molecule is CCC(C)C(NC)c1ccc(C(C)(C)CC)cc1. The molecule has 18 heavy (non-hydrogen) atoms. The standard InChI is InChI=1S/C17H29N/c1-7-13(3)16(18-6)14-9-11-15(12-10-14)17(4,5)8-2/h9-13,16,18H,7-8H2,1-6H3. The van der Waals surface area contributed by atoms with Gasteiger partial charge >= 0.3 is 0 Å². The smallest absolute Gasteiger partial charge is 0.0343 e. The third-order valence-electron chi connectivity index (χ3n) is 4.46. The Morgan fingerprint density at radius 3 is 2.06 bits per heavy atom. The van der Waals surface area contributed by atoms with Gasteiger partial charge in [0.1, 0.15) is 0 Å². The van der Waals surface area contributed by atoms with Gasteiger partial charge in [0.25, 0.3) is 0 Å². The quantitative estimate of drug-likeness (QED) is 0.769. The van der Waals surface area contributed by atoms with E-state index in [-0.39, 0.29) is 5.41 Å². The van der Waals surface area contributed by atoms with Crippen LogP contribution in [0.5, 0.6) is 0 Å². The maximum atomic E-state index is 3.44. The molecule has 2 unspecified atom stereocenters. The van der Waals surface area contributed by atoms with E-state index in [0.29, 0.717) is 12.0 Å². The zero-order chi connectivity index (χ0) is 13.8. The van der Waals surface area contributed by atoms with Crippen LogP contribution in [0.3, 0.4) is 0 Å². The molecule has 0 aliphatic carbocycles. The Labute approximate surface area is 113 Å². The van der Waals surface area contributed by atoms with Gasteiger partial charge in [-0.25, -0.2) is 0 Å². The third kappa shape index (κ3) is 3.35. The first-order chi connectivity index (χ1) is 8.46. The van der Waals surface area contributed by atoms with E-state index in [1.54, 1.807) is 0 Å². The van der Waals surface area contributed by atoms with Gasteiger partial charge in [-0.3, -0.25) is 0 Å². The van der Waals surface area contributed by atoms with Crippen LogP contribution < -0.4 is 5.32 Å². The summed E-state index contributed by atoms with van der Waals surface area (Å²) in [7, 11) is 2.06. The number of nitrogens with one attached hydrogen (secondary N) is 1. The maximum absolute atomic E-state index is 3.44. The molecular weight excluding hydrogens is 218 g/mol. The van der Waals surface area contributed by atoms with Crippen molar-refractivity contribution in [2.24, 2.45) is 5.92 Å². The second kappa shape index (κ2) is 6.38. The molecule has 0 aromatic heterocycles. The Bertz CT molecular complexity index is 350. The zero-order valence-corrected chi connectivity index (χ0v) is 12.9. The van der Waals surface area contributed by atoms with Crippen molar-refractivity contribution in [2.75, 3.05) is 7.05 Å². The van der Waals surface area contributed by atoms with Crippen LogP contribution in [0.1, 0.15) is 64.6 Å². The molecule has 0 fully saturated rings. The van der Waals surface area contributed by atoms with Crippen LogP contribution in [-0.2, 0) is 5.41 Å². The molecule has 2 atom stereocenters. The molecular formula is C17H29N. The Morgan fingerprint density at radius 1 is 1.11 bits per heavy atom. The van der Waals surface area contributed by atoms with Crippen LogP contribution in [0.15, 0.2) is 24.3 Å². The van der Waals surface area contributed by atoms with E-state index in [9.17, 15) is 0 Å². The Kier molecular flexibility index (Phi) is 5.40. The van der Waals surface area contributed by atoms with Crippen molar-refractivity contribution in [3.8, 4) is 0 Å². The van der Waals surface area contributed by atoms with Crippen molar-refractivity contribution in [3.05, 3.63) is 35.4 Å². The fraction of sp³-hybridized carbons (Fsp3) is 0.647. The highest BCUT2D eigenvalue weighted by Gasteiger charge is 2.20. The van der Waals surface area contributed by atoms with E-state index in [0.717, 1.165) is 0 Å². The van der Waals surface area contributed by atoms with Gasteiger partial charge in [0.15, 0.2) is 0 Å². The first-order valence-corrected chi connectivity index (χ1v) is 7.24. The van der Waals surface area contributed by atoms with E-state index < -0.39 is 0 Å². The average molecular weight is 247 g/mol. The van der Waals surface area contributed by atoms with Crippen LogP contribution in [-0.4, -0.2) is 7.05 Å². The first-order valence-electron chi connectivity index (χ1n) is 7.24. The summed E-state index contributed by atoms with van der Waals surface area (Å²) in [5, 5.41) is 3.44. The molecule has 1 rings (SSSR count). The fourth-order valence-corrected chi connectivity index (χ4v) is 2.36. The van der Waals surface area contributed by atoms with E-state index in [4.69, 9.17) is 0 Å². The summed E-state index contributed by atoms with van der Waals surface area (Å²) in [6.07, 6.45) is 2.38. The van der Waals surface area contributed by atoms with Gasteiger partial charge in [-0.05, 0) is 35.9 Å². The lowest BCUT2D eigenvalue weighted by Crippen LogP contribution is -2.23. The lowest BCUT2D eigenvalue weighted by atomic mass is 9.81. The van der Waals surface area contributed by atoms with Crippen molar-refractivity contribution in [1.82, 2.24) is 5.32 Å². The van der Waals surface area contributed by atoms with Crippen LogP contribution in [0.4, 0.5) is 0 Å². The molecule has 1 N–H and O–H groups in total. The molecule has 0 heterocycles. The van der Waals surface area contributed by atoms with Crippen molar-refractivity contribution in [3.63, 3.8) is 0 Å². The number of hydrogen-bond acceptors (Lipinski definition) is 1. The minimum Gasteiger partial charge on any atom is -0.313 e. The van der Waals surface area contributed by atoms with Gasteiger partial charge in [-0.15, -0.1) is 0 Å². The molecule has 1 aromatic carbocycles. The Morgan fingerprint density at radius 2 is 1.67 bits per heavy atom. The molecule has 0 spiro atoms. The molecule has 102 valence electrons. The van der Waals surface area contributed by atoms with Gasteiger partial charge in [-0.2, -0.15) is 0 Å². The second-order valence-electron chi connectivity index (χ2n) is 6.01. The highest BCUT2D eigenvalue weighted by atomic mass is 14.9. The fourth-order valence-electron chi connectivity index (χ4n) is 2.36. The average Bonchev–Trinajstić information content (AvgIpc) is 2.40. The lowest BCUT2D eigenvalue weighted by Gasteiger charge is -2.26. The molecule has 0 aliphatic rings. The second-order valence-corrected chi connectivity index (χ2v) is 6.01. The number of rotatable bonds is 6. The summed E-state index contributed by atoms with van der Waals surface area (Å²) in [6, 6.07) is 9.64. The van der Waals surface area contributed by atoms with Crippen molar-refractivity contribution >= 4 is 0 Å². The van der Waals surface area contributed by atoms with Gasteiger partial charge in [0.05, 0.1) is 0 Å². The monoisotopic (exact) mass is 247 g/mol. The molecule has 0 aliphatic heterocycles. The van der Waals surface area contributed by atoms with E-state index in [2.05, 4.69) is 71.2 Å². The number of benzene rings is 1. The lowest BCUT2D eigenvalue weighted by molar-refractivity contribution is 0.400. The van der Waals surface area contributed by atoms with Gasteiger partial charge in [0, 0.05) is 6.04 Å². The largest absolute Gasteiger partial charge is 0.313 e. The first kappa shape index (κ1) is 15.2. The van der Waals surface area contributed by atoms with Gasteiger partial charge in [0.2, 0.25) is 0 Å². The van der Waals surface area contributed by atoms with Crippen molar-refractivity contribution < 1.29 is 0 Å². The number of hydrogen-bond donors (Lipinski definition) is 1. The summed E-state index contributed by atoms with van der Waals surface area (Å²) < 4.78 is 0. The Balaban J connectivity index is 2.94. The summed E-state index contributed by atoms with van der Waals surface area (Å²) in [6.45, 7) is 11.4. The van der Waals surface area contributed by atoms with Crippen LogP contribution >= 0.6 is 0 Å². The summed E-state index contributed by atoms with van der Waals surface area (Å²) in [5.74, 6) is 0.667. The molecule has 0 radical (unpaired) electrons. The molecule has 1 nitrogen and oxygen atoms in total. The van der Waals surface area contributed by atoms with E-state index in [1.807, 2.05) is 0 Å². The minimum absolute atomic E-state index is 0.282. The maximum Gasteiger partial charge on any atom is 0.0343 e. The molecule has 1 heteroatoms. The topological polar surface area (TPSA) is 12.0 Å². The molecule has 1 aromatic rings. The normalized spacial score (nSPS) is 15.4. The molecule has 0 saturated carbocycles. The van der Waals surface area contributed by atoms with Crippen molar-refractivity contribution in [2.45, 2.75) is 58.9 Å². The minimum atomic E-state index is 0.282. The Hall–Kier alpha value is -0.820. The summed E-state index contributed by atoms with van der Waals surface area (Å²) in [4.78, 5) is 0. The molecule has 0 amide bonds. The molecule has 0 bridgehead atoms. The van der Waals surface area contributed by atoms with Gasteiger partial charge < -0.3 is 5.32 Å². The van der Waals surface area contributed by atoms with E-state index in [1.165, 1.54) is 24.0 Å². The highest BCUT2D eigenvalue weighted by molar-refractivity contribution is 5.30. The van der Waals surface area contributed by atoms with E-state index >= 15 is 0 Å². The third-order valence-corrected chi connectivity index (χ3v) is 4.46. The van der Waals surface area contributed by atoms with Crippen LogP contribution in [0.2, 0.25) is 0 Å². The van der Waals surface area contributed by atoms with Crippen molar-refractivity contribution in [1.29, 1.82) is 0 Å². The van der Waals surface area contributed by atoms with Crippen LogP contribution in [0.25, 0.3) is 0 Å². The predicted octanol–water partition coefficient (Wildman–Crippen LogP) is 4.68. The zero-order valence-electron chi connectivity index (χ0n) is 12.9. The molecule has 0 saturated heterocycles.